The van der Waals surface area contributed by atoms with E-state index in [4.69, 9.17) is 5.11 Å². The fraction of sp³-hybridized carbons (Fsp3) is 0.429. The van der Waals surface area contributed by atoms with Gasteiger partial charge in [0.05, 0.1) is 0 Å². The number of hydrogen-bond donors (Lipinski definition) is 2. The predicted molar refractivity (Wildman–Crippen MR) is 72.5 cm³/mol. The minimum Gasteiger partial charge on any atom is -0.481 e. The highest BCUT2D eigenvalue weighted by molar-refractivity contribution is 5.94. The third-order valence-corrected chi connectivity index (χ3v) is 3.48. The zero-order chi connectivity index (χ0) is 14.0. The van der Waals surface area contributed by atoms with Gasteiger partial charge >= 0.3 is 12.0 Å². The molecule has 5 heteroatoms. The van der Waals surface area contributed by atoms with Gasteiger partial charge < -0.3 is 10.4 Å². The van der Waals surface area contributed by atoms with Crippen molar-refractivity contribution in [2.75, 3.05) is 11.4 Å². The van der Waals surface area contributed by atoms with Crippen molar-refractivity contribution in [3.05, 3.63) is 29.3 Å². The summed E-state index contributed by atoms with van der Waals surface area (Å²) in [5.41, 5.74) is 3.18. The Morgan fingerprint density at radius 1 is 1.42 bits per heavy atom. The molecule has 1 heterocycles. The van der Waals surface area contributed by atoms with Crippen molar-refractivity contribution in [2.45, 2.75) is 32.7 Å². The number of carbonyl (C=O) groups excluding carboxylic acids is 1. The zero-order valence-corrected chi connectivity index (χ0v) is 11.1. The smallest absolute Gasteiger partial charge is 0.322 e. The average Bonchev–Trinajstić information content (AvgIpc) is 2.72. The lowest BCUT2D eigenvalue weighted by Crippen LogP contribution is -2.28. The Hall–Kier alpha value is -2.04. The van der Waals surface area contributed by atoms with Crippen LogP contribution in [0.2, 0.25) is 0 Å². The van der Waals surface area contributed by atoms with Crippen LogP contribution < -0.4 is 10.2 Å². The minimum absolute atomic E-state index is 0.0751. The Bertz CT molecular complexity index is 513. The first-order chi connectivity index (χ1) is 8.97. The molecule has 2 N–H and O–H groups in total. The van der Waals surface area contributed by atoms with Gasteiger partial charge in [0.2, 0.25) is 0 Å². The number of rotatable bonds is 4. The van der Waals surface area contributed by atoms with Crippen molar-refractivity contribution in [3.8, 4) is 0 Å². The number of aliphatic carboxylic acids is 1. The van der Waals surface area contributed by atoms with E-state index in [-0.39, 0.29) is 18.5 Å². The standard InChI is InChI=1S/C14H18N2O3/c1-9-3-5-12(7-10(9)2)16-8-11(15-14(16)19)4-6-13(17)18/h3,5,7,11H,4,6,8H2,1-2H3,(H,15,19)(H,17,18). The maximum atomic E-state index is 11.9. The van der Waals surface area contributed by atoms with E-state index in [0.29, 0.717) is 13.0 Å². The summed E-state index contributed by atoms with van der Waals surface area (Å²) in [4.78, 5) is 24.1. The number of nitrogens with zero attached hydrogens (tertiary/aromatic N) is 1. The van der Waals surface area contributed by atoms with Gasteiger partial charge in [0, 0.05) is 24.7 Å². The van der Waals surface area contributed by atoms with Gasteiger partial charge in [-0.3, -0.25) is 9.69 Å². The molecule has 0 bridgehead atoms. The summed E-state index contributed by atoms with van der Waals surface area (Å²) in [6.07, 6.45) is 0.536. The molecular formula is C14H18N2O3. The van der Waals surface area contributed by atoms with Crippen molar-refractivity contribution in [1.29, 1.82) is 0 Å². The van der Waals surface area contributed by atoms with E-state index >= 15 is 0 Å². The fourth-order valence-electron chi connectivity index (χ4n) is 2.18. The quantitative estimate of drug-likeness (QED) is 0.872. The largest absolute Gasteiger partial charge is 0.481 e. The molecule has 19 heavy (non-hydrogen) atoms. The van der Waals surface area contributed by atoms with Gasteiger partial charge in [-0.2, -0.15) is 0 Å². The van der Waals surface area contributed by atoms with Gasteiger partial charge in [0.25, 0.3) is 0 Å². The van der Waals surface area contributed by atoms with Crippen LogP contribution in [0.3, 0.4) is 0 Å². The Labute approximate surface area is 112 Å². The molecule has 1 saturated heterocycles. The van der Waals surface area contributed by atoms with Gasteiger partial charge in [0.15, 0.2) is 0 Å². The number of benzene rings is 1. The topological polar surface area (TPSA) is 69.6 Å². The lowest BCUT2D eigenvalue weighted by molar-refractivity contribution is -0.137. The normalized spacial score (nSPS) is 18.5. The molecule has 0 saturated carbocycles. The zero-order valence-electron chi connectivity index (χ0n) is 11.1. The highest BCUT2D eigenvalue weighted by atomic mass is 16.4. The van der Waals surface area contributed by atoms with Crippen LogP contribution in [0.15, 0.2) is 18.2 Å². The number of urea groups is 1. The van der Waals surface area contributed by atoms with Crippen LogP contribution in [0.1, 0.15) is 24.0 Å². The molecule has 102 valence electrons. The van der Waals surface area contributed by atoms with Gasteiger partial charge in [-0.15, -0.1) is 0 Å². The number of aryl methyl sites for hydroxylation is 2. The first-order valence-corrected chi connectivity index (χ1v) is 6.34. The summed E-state index contributed by atoms with van der Waals surface area (Å²) < 4.78 is 0. The molecule has 1 atom stereocenters. The van der Waals surface area contributed by atoms with Crippen LogP contribution >= 0.6 is 0 Å². The number of carboxylic acids is 1. The van der Waals surface area contributed by atoms with Gasteiger partial charge in [-0.1, -0.05) is 6.07 Å². The average molecular weight is 262 g/mol. The van der Waals surface area contributed by atoms with Gasteiger partial charge in [-0.05, 0) is 43.5 Å². The van der Waals surface area contributed by atoms with E-state index < -0.39 is 5.97 Å². The number of hydrogen-bond acceptors (Lipinski definition) is 2. The molecular weight excluding hydrogens is 244 g/mol. The van der Waals surface area contributed by atoms with E-state index in [1.165, 1.54) is 5.56 Å². The summed E-state index contributed by atoms with van der Waals surface area (Å²) in [6, 6.07) is 5.64. The summed E-state index contributed by atoms with van der Waals surface area (Å²) in [5.74, 6) is -0.834. The second kappa shape index (κ2) is 5.30. The van der Waals surface area contributed by atoms with Crippen molar-refractivity contribution in [2.24, 2.45) is 0 Å². The van der Waals surface area contributed by atoms with Crippen LogP contribution in [-0.2, 0) is 4.79 Å². The summed E-state index contributed by atoms with van der Waals surface area (Å²) >= 11 is 0. The molecule has 1 aromatic rings. The lowest BCUT2D eigenvalue weighted by Gasteiger charge is -2.16. The second-order valence-corrected chi connectivity index (χ2v) is 4.96. The molecule has 0 aromatic heterocycles. The molecule has 0 radical (unpaired) electrons. The van der Waals surface area contributed by atoms with Crippen molar-refractivity contribution in [3.63, 3.8) is 0 Å². The van der Waals surface area contributed by atoms with Crippen molar-refractivity contribution in [1.82, 2.24) is 5.32 Å². The maximum Gasteiger partial charge on any atom is 0.322 e. The number of nitrogens with one attached hydrogen (secondary N) is 1. The molecule has 1 aliphatic heterocycles. The summed E-state index contributed by atoms with van der Waals surface area (Å²) in [5, 5.41) is 11.5. The lowest BCUT2D eigenvalue weighted by atomic mass is 10.1. The van der Waals surface area contributed by atoms with Gasteiger partial charge in [-0.25, -0.2) is 4.79 Å². The summed E-state index contributed by atoms with van der Waals surface area (Å²) in [7, 11) is 0. The number of carboxylic acid groups (broad SMARTS) is 1. The van der Waals surface area contributed by atoms with E-state index in [1.807, 2.05) is 32.0 Å². The first kappa shape index (κ1) is 13.4. The molecule has 1 unspecified atom stereocenters. The van der Waals surface area contributed by atoms with Crippen LogP contribution in [-0.4, -0.2) is 29.7 Å². The monoisotopic (exact) mass is 262 g/mol. The van der Waals surface area contributed by atoms with Crippen LogP contribution in [0, 0.1) is 13.8 Å². The molecule has 1 aliphatic rings. The highest BCUT2D eigenvalue weighted by Gasteiger charge is 2.29. The third kappa shape index (κ3) is 3.05. The number of anilines is 1. The maximum absolute atomic E-state index is 11.9. The molecule has 2 amide bonds. The Morgan fingerprint density at radius 3 is 2.79 bits per heavy atom. The number of amides is 2. The van der Waals surface area contributed by atoms with Gasteiger partial charge in [0.1, 0.15) is 0 Å². The predicted octanol–water partition coefficient (Wildman–Crippen LogP) is 2.07. The molecule has 0 spiro atoms. The third-order valence-electron chi connectivity index (χ3n) is 3.48. The van der Waals surface area contributed by atoms with E-state index in [0.717, 1.165) is 11.3 Å². The molecule has 0 aliphatic carbocycles. The summed E-state index contributed by atoms with van der Waals surface area (Å²) in [6.45, 7) is 4.56. The van der Waals surface area contributed by atoms with Crippen LogP contribution in [0.5, 0.6) is 0 Å². The van der Waals surface area contributed by atoms with Crippen molar-refractivity contribution >= 4 is 17.7 Å². The minimum atomic E-state index is -0.834. The highest BCUT2D eigenvalue weighted by Crippen LogP contribution is 2.22. The van der Waals surface area contributed by atoms with E-state index in [2.05, 4.69) is 5.32 Å². The van der Waals surface area contributed by atoms with Crippen molar-refractivity contribution < 1.29 is 14.7 Å². The Morgan fingerprint density at radius 2 is 2.16 bits per heavy atom. The van der Waals surface area contributed by atoms with E-state index in [9.17, 15) is 9.59 Å². The number of carbonyl (C=O) groups is 2. The van der Waals surface area contributed by atoms with Crippen LogP contribution in [0.25, 0.3) is 0 Å². The van der Waals surface area contributed by atoms with Crippen LogP contribution in [0.4, 0.5) is 10.5 Å². The molecule has 1 aromatic carbocycles. The SMILES string of the molecule is Cc1ccc(N2CC(CCC(=O)O)NC2=O)cc1C. The second-order valence-electron chi connectivity index (χ2n) is 4.96. The Kier molecular flexibility index (Phi) is 3.74. The first-order valence-electron chi connectivity index (χ1n) is 6.34. The van der Waals surface area contributed by atoms with E-state index in [1.54, 1.807) is 4.90 Å². The molecule has 1 fully saturated rings. The molecule has 5 nitrogen and oxygen atoms in total. The molecule has 2 rings (SSSR count). The fourth-order valence-corrected chi connectivity index (χ4v) is 2.18. The Balaban J connectivity index is 2.07.